The highest BCUT2D eigenvalue weighted by atomic mass is 32.1. The molecule has 8 heteroatoms. The highest BCUT2D eigenvalue weighted by molar-refractivity contribution is 7.10. The Morgan fingerprint density at radius 3 is 2.86 bits per heavy atom. The lowest BCUT2D eigenvalue weighted by molar-refractivity contribution is -0.942. The maximum Gasteiger partial charge on any atom is 0.215 e. The molecule has 3 aromatic heterocycles. The van der Waals surface area contributed by atoms with Crippen molar-refractivity contribution in [2.24, 2.45) is 0 Å². The molecule has 3 aromatic rings. The van der Waals surface area contributed by atoms with Crippen molar-refractivity contribution >= 4 is 11.3 Å². The molecule has 7 nitrogen and oxygen atoms in total. The van der Waals surface area contributed by atoms with Gasteiger partial charge in [-0.15, -0.1) is 16.4 Å². The molecule has 4 heterocycles. The average molecular weight is 414 g/mol. The molecule has 0 spiro atoms. The Labute approximate surface area is 175 Å². The van der Waals surface area contributed by atoms with Crippen molar-refractivity contribution in [3.8, 4) is 0 Å². The standard InChI is InChI=1S/C21H28N6OS/c1-21(2,3)27-20(23-24-25-27)19(18-9-6-12-29-18)26(15-17-8-5-11-28-17)14-16-7-4-10-22-13-16/h4,6-7,9-10,12-13,17,19H,5,8,11,14-15H2,1-3H3/p+1/t17-,19+/m0/s1. The second-order valence-corrected chi connectivity index (χ2v) is 9.58. The van der Waals surface area contributed by atoms with E-state index in [2.05, 4.69) is 64.9 Å². The summed E-state index contributed by atoms with van der Waals surface area (Å²) in [5, 5.41) is 15.0. The van der Waals surface area contributed by atoms with E-state index in [0.717, 1.165) is 38.4 Å². The van der Waals surface area contributed by atoms with Crippen LogP contribution >= 0.6 is 11.3 Å². The molecule has 154 valence electrons. The largest absolute Gasteiger partial charge is 0.372 e. The molecule has 1 aliphatic rings. The fourth-order valence-electron chi connectivity index (χ4n) is 3.97. The Hall–Kier alpha value is -2.16. The van der Waals surface area contributed by atoms with Gasteiger partial charge in [-0.05, 0) is 61.6 Å². The lowest BCUT2D eigenvalue weighted by atomic mass is 10.1. The van der Waals surface area contributed by atoms with Crippen LogP contribution in [0.15, 0.2) is 42.0 Å². The molecule has 0 radical (unpaired) electrons. The highest BCUT2D eigenvalue weighted by Crippen LogP contribution is 2.26. The van der Waals surface area contributed by atoms with Crippen molar-refractivity contribution in [1.82, 2.24) is 25.2 Å². The van der Waals surface area contributed by atoms with Crippen LogP contribution < -0.4 is 4.90 Å². The van der Waals surface area contributed by atoms with Crippen molar-refractivity contribution in [3.63, 3.8) is 0 Å². The molecular formula is C21H29N6OS+. The zero-order chi connectivity index (χ0) is 20.3. The second kappa shape index (κ2) is 8.69. The molecule has 0 aromatic carbocycles. The molecule has 1 unspecified atom stereocenters. The Bertz CT molecular complexity index is 884. The number of thiophene rings is 1. The first kappa shape index (κ1) is 20.1. The van der Waals surface area contributed by atoms with Crippen LogP contribution in [0, 0.1) is 0 Å². The molecule has 1 aliphatic heterocycles. The maximum absolute atomic E-state index is 6.01. The third-order valence-electron chi connectivity index (χ3n) is 5.29. The van der Waals surface area contributed by atoms with Crippen molar-refractivity contribution < 1.29 is 9.64 Å². The number of pyridine rings is 1. The van der Waals surface area contributed by atoms with Gasteiger partial charge >= 0.3 is 0 Å². The van der Waals surface area contributed by atoms with Gasteiger partial charge in [0.2, 0.25) is 5.82 Å². The van der Waals surface area contributed by atoms with Crippen molar-refractivity contribution in [2.75, 3.05) is 13.2 Å². The highest BCUT2D eigenvalue weighted by Gasteiger charge is 2.37. The van der Waals surface area contributed by atoms with Crippen LogP contribution in [0.4, 0.5) is 0 Å². The zero-order valence-corrected chi connectivity index (χ0v) is 18.1. The first-order valence-electron chi connectivity index (χ1n) is 10.2. The van der Waals surface area contributed by atoms with Gasteiger partial charge in [-0.2, -0.15) is 0 Å². The lowest BCUT2D eigenvalue weighted by Gasteiger charge is -2.31. The van der Waals surface area contributed by atoms with Crippen molar-refractivity contribution in [2.45, 2.75) is 57.8 Å². The normalized spacial score (nSPS) is 19.3. The Morgan fingerprint density at radius 1 is 1.31 bits per heavy atom. The third-order valence-corrected chi connectivity index (χ3v) is 6.23. The summed E-state index contributed by atoms with van der Waals surface area (Å²) in [4.78, 5) is 6.97. The zero-order valence-electron chi connectivity index (χ0n) is 17.3. The third kappa shape index (κ3) is 4.71. The van der Waals surface area contributed by atoms with Gasteiger partial charge in [-0.3, -0.25) is 4.98 Å². The number of quaternary nitrogens is 1. The van der Waals surface area contributed by atoms with E-state index in [0.29, 0.717) is 0 Å². The van der Waals surface area contributed by atoms with Crippen LogP contribution in [0.1, 0.15) is 55.9 Å². The minimum Gasteiger partial charge on any atom is -0.372 e. The average Bonchev–Trinajstić information content (AvgIpc) is 3.45. The Morgan fingerprint density at radius 2 is 2.21 bits per heavy atom. The summed E-state index contributed by atoms with van der Waals surface area (Å²) in [6.07, 6.45) is 6.28. The number of tetrazole rings is 1. The fourth-order valence-corrected chi connectivity index (χ4v) is 4.85. The van der Waals surface area contributed by atoms with Crippen molar-refractivity contribution in [3.05, 3.63) is 58.3 Å². The molecule has 0 amide bonds. The van der Waals surface area contributed by atoms with E-state index >= 15 is 0 Å². The van der Waals surface area contributed by atoms with Gasteiger partial charge < -0.3 is 9.64 Å². The summed E-state index contributed by atoms with van der Waals surface area (Å²) >= 11 is 1.76. The molecule has 1 saturated heterocycles. The topological polar surface area (TPSA) is 70.2 Å². The molecule has 4 rings (SSSR count). The number of nitrogens with one attached hydrogen (secondary N) is 1. The van der Waals surface area contributed by atoms with Gasteiger partial charge in [0, 0.05) is 24.6 Å². The van der Waals surface area contributed by atoms with Gasteiger partial charge in [0.05, 0.1) is 10.4 Å². The van der Waals surface area contributed by atoms with Crippen molar-refractivity contribution in [1.29, 1.82) is 0 Å². The summed E-state index contributed by atoms with van der Waals surface area (Å²) in [5.74, 6) is 0.900. The summed E-state index contributed by atoms with van der Waals surface area (Å²) < 4.78 is 7.98. The van der Waals surface area contributed by atoms with Crippen LogP contribution in [0.3, 0.4) is 0 Å². The molecule has 0 saturated carbocycles. The fraction of sp³-hybridized carbons (Fsp3) is 0.524. The van der Waals surface area contributed by atoms with E-state index in [4.69, 9.17) is 4.74 Å². The van der Waals surface area contributed by atoms with E-state index in [9.17, 15) is 0 Å². The Kier molecular flexibility index (Phi) is 6.03. The predicted octanol–water partition coefficient (Wildman–Crippen LogP) is 2.24. The summed E-state index contributed by atoms with van der Waals surface area (Å²) in [7, 11) is 0. The smallest absolute Gasteiger partial charge is 0.215 e. The van der Waals surface area contributed by atoms with Gasteiger partial charge in [0.25, 0.3) is 0 Å². The van der Waals surface area contributed by atoms with Crippen LogP contribution in [-0.4, -0.2) is 44.4 Å². The predicted molar refractivity (Wildman–Crippen MR) is 112 cm³/mol. The van der Waals surface area contributed by atoms with E-state index in [1.54, 1.807) is 11.3 Å². The van der Waals surface area contributed by atoms with Crippen LogP contribution in [-0.2, 0) is 16.8 Å². The molecule has 29 heavy (non-hydrogen) atoms. The molecular weight excluding hydrogens is 384 g/mol. The summed E-state index contributed by atoms with van der Waals surface area (Å²) in [6, 6.07) is 8.47. The monoisotopic (exact) mass is 413 g/mol. The quantitative estimate of drug-likeness (QED) is 0.643. The number of nitrogens with zero attached hydrogens (tertiary/aromatic N) is 5. The van der Waals surface area contributed by atoms with Gasteiger partial charge in [-0.1, -0.05) is 12.1 Å². The van der Waals surface area contributed by atoms with Gasteiger partial charge in [0.1, 0.15) is 19.2 Å². The molecule has 0 bridgehead atoms. The maximum atomic E-state index is 6.01. The number of hydrogen-bond donors (Lipinski definition) is 1. The second-order valence-electron chi connectivity index (χ2n) is 8.60. The van der Waals surface area contributed by atoms with Crippen LogP contribution in [0.2, 0.25) is 0 Å². The first-order valence-corrected chi connectivity index (χ1v) is 11.1. The van der Waals surface area contributed by atoms with Crippen LogP contribution in [0.25, 0.3) is 0 Å². The minimum atomic E-state index is -0.197. The summed E-state index contributed by atoms with van der Waals surface area (Å²) in [5.41, 5.74) is 1.01. The molecule has 0 aliphatic carbocycles. The lowest BCUT2D eigenvalue weighted by Crippen LogP contribution is -3.12. The number of aromatic nitrogens is 5. The van der Waals surface area contributed by atoms with E-state index in [1.165, 1.54) is 15.3 Å². The minimum absolute atomic E-state index is 0.0358. The van der Waals surface area contributed by atoms with E-state index < -0.39 is 0 Å². The first-order chi connectivity index (χ1) is 14.0. The van der Waals surface area contributed by atoms with E-state index in [1.807, 2.05) is 23.1 Å². The number of rotatable bonds is 7. The van der Waals surface area contributed by atoms with Crippen LogP contribution in [0.5, 0.6) is 0 Å². The SMILES string of the molecule is CC(C)(C)n1nnnc1[C@@H](c1cccs1)[NH+](Cc1cccnc1)C[C@@H]1CCCO1. The summed E-state index contributed by atoms with van der Waals surface area (Å²) in [6.45, 7) is 9.02. The molecule has 1 fully saturated rings. The van der Waals surface area contributed by atoms with Gasteiger partial charge in [0.15, 0.2) is 6.04 Å². The number of ether oxygens (including phenoxy) is 1. The van der Waals surface area contributed by atoms with Gasteiger partial charge in [-0.25, -0.2) is 4.68 Å². The Balaban J connectivity index is 1.75. The number of hydrogen-bond acceptors (Lipinski definition) is 6. The molecule has 3 atom stereocenters. The van der Waals surface area contributed by atoms with E-state index in [-0.39, 0.29) is 17.7 Å². The molecule has 1 N–H and O–H groups in total.